The zero-order chi connectivity index (χ0) is 19.2. The van der Waals surface area contributed by atoms with Gasteiger partial charge < -0.3 is 5.32 Å². The highest BCUT2D eigenvalue weighted by molar-refractivity contribution is 5.94. The molecule has 5 nitrogen and oxygen atoms in total. The number of carbonyl (C=O) groups is 1. The summed E-state index contributed by atoms with van der Waals surface area (Å²) in [5.74, 6) is -0.0460. The summed E-state index contributed by atoms with van der Waals surface area (Å²) in [6.07, 6.45) is 5.40. The molecular weight excluding hydrogens is 348 g/mol. The third-order valence-electron chi connectivity index (χ3n) is 5.13. The molecule has 0 bridgehead atoms. The number of carbonyl (C=O) groups excluding carboxylic acids is 1. The second kappa shape index (κ2) is 8.76. The Bertz CT molecular complexity index is 889. The van der Waals surface area contributed by atoms with Crippen LogP contribution in [0.25, 0.3) is 11.3 Å². The molecule has 0 saturated carbocycles. The van der Waals surface area contributed by atoms with Crippen molar-refractivity contribution in [1.29, 1.82) is 0 Å². The highest BCUT2D eigenvalue weighted by Gasteiger charge is 2.21. The molecule has 1 aliphatic heterocycles. The van der Waals surface area contributed by atoms with E-state index in [-0.39, 0.29) is 11.9 Å². The maximum Gasteiger partial charge on any atom is 0.253 e. The standard InChI is InChI=1S/C23H24N4O/c28-23(19-9-10-22(25-16-19)18-6-2-1-3-7-18)26-20-11-14-27(15-12-20)17-21-8-4-5-13-24-21/h1-10,13,16,20H,11-12,14-15,17H2,(H,26,28). The molecule has 1 amide bonds. The van der Waals surface area contributed by atoms with Crippen LogP contribution in [0.5, 0.6) is 0 Å². The van der Waals surface area contributed by atoms with Crippen molar-refractivity contribution in [2.75, 3.05) is 13.1 Å². The number of nitrogens with one attached hydrogen (secondary N) is 1. The Hall–Kier alpha value is -3.05. The number of piperidine rings is 1. The fraction of sp³-hybridized carbons (Fsp3) is 0.261. The quantitative estimate of drug-likeness (QED) is 0.744. The molecule has 0 atom stereocenters. The van der Waals surface area contributed by atoms with Gasteiger partial charge in [-0.15, -0.1) is 0 Å². The van der Waals surface area contributed by atoms with Crippen LogP contribution in [-0.2, 0) is 6.54 Å². The van der Waals surface area contributed by atoms with Crippen LogP contribution >= 0.6 is 0 Å². The van der Waals surface area contributed by atoms with Gasteiger partial charge in [-0.3, -0.25) is 19.7 Å². The maximum absolute atomic E-state index is 12.6. The highest BCUT2D eigenvalue weighted by Crippen LogP contribution is 2.17. The van der Waals surface area contributed by atoms with Gasteiger partial charge in [0.25, 0.3) is 5.91 Å². The molecule has 3 aromatic rings. The predicted molar refractivity (Wildman–Crippen MR) is 110 cm³/mol. The Balaban J connectivity index is 1.29. The van der Waals surface area contributed by atoms with Gasteiger partial charge in [-0.1, -0.05) is 36.4 Å². The fourth-order valence-corrected chi connectivity index (χ4v) is 3.53. The molecule has 1 aliphatic rings. The van der Waals surface area contributed by atoms with Crippen molar-refractivity contribution in [2.24, 2.45) is 0 Å². The average molecular weight is 372 g/mol. The van der Waals surface area contributed by atoms with E-state index >= 15 is 0 Å². The lowest BCUT2D eigenvalue weighted by Crippen LogP contribution is -2.44. The van der Waals surface area contributed by atoms with Crippen LogP contribution in [0.15, 0.2) is 73.1 Å². The van der Waals surface area contributed by atoms with E-state index < -0.39 is 0 Å². The van der Waals surface area contributed by atoms with E-state index in [1.165, 1.54) is 0 Å². The number of rotatable bonds is 5. The van der Waals surface area contributed by atoms with E-state index in [0.717, 1.165) is 49.4 Å². The van der Waals surface area contributed by atoms with Crippen LogP contribution in [0, 0.1) is 0 Å². The van der Waals surface area contributed by atoms with Crippen molar-refractivity contribution < 1.29 is 4.79 Å². The Kier molecular flexibility index (Phi) is 5.73. The second-order valence-electron chi connectivity index (χ2n) is 7.14. The zero-order valence-corrected chi connectivity index (χ0v) is 15.8. The number of nitrogens with zero attached hydrogens (tertiary/aromatic N) is 3. The van der Waals surface area contributed by atoms with Crippen molar-refractivity contribution in [3.63, 3.8) is 0 Å². The maximum atomic E-state index is 12.6. The van der Waals surface area contributed by atoms with Crippen LogP contribution in [0.2, 0.25) is 0 Å². The number of hydrogen-bond acceptors (Lipinski definition) is 4. The molecule has 1 fully saturated rings. The molecule has 1 N–H and O–H groups in total. The van der Waals surface area contributed by atoms with Crippen LogP contribution in [0.3, 0.4) is 0 Å². The molecule has 0 radical (unpaired) electrons. The Labute approximate surface area is 165 Å². The summed E-state index contributed by atoms with van der Waals surface area (Å²) in [6.45, 7) is 2.80. The molecule has 0 unspecified atom stereocenters. The topological polar surface area (TPSA) is 58.1 Å². The number of aromatic nitrogens is 2. The van der Waals surface area contributed by atoms with E-state index in [1.807, 2.05) is 60.8 Å². The first-order valence-corrected chi connectivity index (χ1v) is 9.72. The SMILES string of the molecule is O=C(NC1CCN(Cc2ccccn2)CC1)c1ccc(-c2ccccc2)nc1. The Morgan fingerprint density at radius 1 is 0.964 bits per heavy atom. The van der Waals surface area contributed by atoms with Crippen LogP contribution in [0.4, 0.5) is 0 Å². The van der Waals surface area contributed by atoms with Crippen LogP contribution in [0.1, 0.15) is 28.9 Å². The van der Waals surface area contributed by atoms with Gasteiger partial charge in [0.1, 0.15) is 0 Å². The molecule has 142 valence electrons. The number of benzene rings is 1. The molecule has 0 aliphatic carbocycles. The molecule has 1 saturated heterocycles. The van der Waals surface area contributed by atoms with Gasteiger partial charge in [0.2, 0.25) is 0 Å². The first-order chi connectivity index (χ1) is 13.8. The molecule has 2 aromatic heterocycles. The van der Waals surface area contributed by atoms with Crippen molar-refractivity contribution in [3.8, 4) is 11.3 Å². The van der Waals surface area contributed by atoms with Gasteiger partial charge in [-0.05, 0) is 37.1 Å². The summed E-state index contributed by atoms with van der Waals surface area (Å²) >= 11 is 0. The van der Waals surface area contributed by atoms with E-state index in [9.17, 15) is 4.79 Å². The normalized spacial score (nSPS) is 15.3. The molecule has 5 heteroatoms. The van der Waals surface area contributed by atoms with E-state index in [1.54, 1.807) is 6.20 Å². The Morgan fingerprint density at radius 3 is 2.43 bits per heavy atom. The predicted octanol–water partition coefficient (Wildman–Crippen LogP) is 3.54. The van der Waals surface area contributed by atoms with Crippen molar-refractivity contribution in [1.82, 2.24) is 20.2 Å². The second-order valence-corrected chi connectivity index (χ2v) is 7.14. The summed E-state index contributed by atoms with van der Waals surface area (Å²) in [5.41, 5.74) is 3.62. The van der Waals surface area contributed by atoms with Gasteiger partial charge >= 0.3 is 0 Å². The lowest BCUT2D eigenvalue weighted by atomic mass is 10.0. The van der Waals surface area contributed by atoms with Gasteiger partial charge in [-0.2, -0.15) is 0 Å². The fourth-order valence-electron chi connectivity index (χ4n) is 3.53. The molecule has 4 rings (SSSR count). The number of hydrogen-bond donors (Lipinski definition) is 1. The summed E-state index contributed by atoms with van der Waals surface area (Å²) in [6, 6.07) is 19.9. The van der Waals surface area contributed by atoms with Crippen LogP contribution < -0.4 is 5.32 Å². The van der Waals surface area contributed by atoms with E-state index in [2.05, 4.69) is 26.3 Å². The van der Waals surface area contributed by atoms with Gasteiger partial charge in [0.05, 0.1) is 17.0 Å². The van der Waals surface area contributed by atoms with Crippen LogP contribution in [-0.4, -0.2) is 39.9 Å². The van der Waals surface area contributed by atoms with Crippen molar-refractivity contribution in [3.05, 3.63) is 84.3 Å². The molecule has 28 heavy (non-hydrogen) atoms. The number of likely N-dealkylation sites (tertiary alicyclic amines) is 1. The number of pyridine rings is 2. The summed E-state index contributed by atoms with van der Waals surface area (Å²) in [5, 5.41) is 3.16. The van der Waals surface area contributed by atoms with Gasteiger partial charge in [0, 0.05) is 43.6 Å². The zero-order valence-electron chi connectivity index (χ0n) is 15.8. The first-order valence-electron chi connectivity index (χ1n) is 9.72. The van der Waals surface area contributed by atoms with Gasteiger partial charge in [0.15, 0.2) is 0 Å². The molecule has 1 aromatic carbocycles. The minimum Gasteiger partial charge on any atom is -0.349 e. The lowest BCUT2D eigenvalue weighted by molar-refractivity contribution is 0.0908. The summed E-state index contributed by atoms with van der Waals surface area (Å²) in [7, 11) is 0. The lowest BCUT2D eigenvalue weighted by Gasteiger charge is -2.32. The van der Waals surface area contributed by atoms with E-state index in [4.69, 9.17) is 0 Å². The largest absolute Gasteiger partial charge is 0.349 e. The average Bonchev–Trinajstić information content (AvgIpc) is 2.76. The van der Waals surface area contributed by atoms with Crippen molar-refractivity contribution >= 4 is 5.91 Å². The highest BCUT2D eigenvalue weighted by atomic mass is 16.1. The first kappa shape index (κ1) is 18.3. The smallest absolute Gasteiger partial charge is 0.253 e. The minimum atomic E-state index is -0.0460. The van der Waals surface area contributed by atoms with Gasteiger partial charge in [-0.25, -0.2) is 0 Å². The molecule has 0 spiro atoms. The van der Waals surface area contributed by atoms with Crippen molar-refractivity contribution in [2.45, 2.75) is 25.4 Å². The third-order valence-corrected chi connectivity index (χ3v) is 5.13. The number of amides is 1. The summed E-state index contributed by atoms with van der Waals surface area (Å²) in [4.78, 5) is 23.8. The summed E-state index contributed by atoms with van der Waals surface area (Å²) < 4.78 is 0. The molecule has 3 heterocycles. The monoisotopic (exact) mass is 372 g/mol. The minimum absolute atomic E-state index is 0.0460. The van der Waals surface area contributed by atoms with E-state index in [0.29, 0.717) is 5.56 Å². The Morgan fingerprint density at radius 2 is 1.75 bits per heavy atom. The third kappa shape index (κ3) is 4.61. The molecular formula is C23H24N4O.